The fourth-order valence-corrected chi connectivity index (χ4v) is 3.43. The number of aromatic amines is 1. The fraction of sp³-hybridized carbons (Fsp3) is 0.250. The summed E-state index contributed by atoms with van der Waals surface area (Å²) in [5, 5.41) is 19.3. The lowest BCUT2D eigenvalue weighted by Gasteiger charge is -2.18. The van der Waals surface area contributed by atoms with Crippen molar-refractivity contribution in [3.63, 3.8) is 0 Å². The Morgan fingerprint density at radius 1 is 1.27 bits per heavy atom. The Morgan fingerprint density at radius 3 is 2.52 bits per heavy atom. The number of hydrogen-bond acceptors (Lipinski definition) is 5. The quantitative estimate of drug-likeness (QED) is 0.331. The minimum absolute atomic E-state index is 0.0128. The standard InChI is InChI=1S/C13H10F3N3O4.C7H7ClFN/c14-13(15,16)8-4-6-3-7(5-17-9(6)18-8)19-2-1-12(23,10(19)20)11(21)22;8-6-1-5(4-10)2-7(9)3-6/h3-5,23H,1-2H2,(H,17,18)(H,21,22);1-3H,4,10H2. The number of hydrogen-bond donors (Lipinski definition) is 4. The number of nitrogens with two attached hydrogens (primary N) is 1. The lowest BCUT2D eigenvalue weighted by Crippen LogP contribution is -2.46. The monoisotopic (exact) mass is 488 g/mol. The average molecular weight is 489 g/mol. The molecular weight excluding hydrogens is 472 g/mol. The summed E-state index contributed by atoms with van der Waals surface area (Å²) in [6, 6.07) is 6.38. The first-order valence-electron chi connectivity index (χ1n) is 9.34. The number of carbonyl (C=O) groups is 2. The molecule has 0 spiro atoms. The Labute approximate surface area is 188 Å². The van der Waals surface area contributed by atoms with E-state index >= 15 is 0 Å². The van der Waals surface area contributed by atoms with E-state index in [1.165, 1.54) is 18.2 Å². The number of carboxylic acids is 1. The largest absolute Gasteiger partial charge is 0.479 e. The molecule has 1 aromatic carbocycles. The van der Waals surface area contributed by atoms with Crippen molar-refractivity contribution in [2.75, 3.05) is 11.4 Å². The Kier molecular flexibility index (Phi) is 6.63. The number of amides is 1. The van der Waals surface area contributed by atoms with Gasteiger partial charge in [0.2, 0.25) is 5.60 Å². The maximum Gasteiger partial charge on any atom is 0.431 e. The third-order valence-electron chi connectivity index (χ3n) is 4.88. The number of carboxylic acid groups (broad SMARTS) is 1. The summed E-state index contributed by atoms with van der Waals surface area (Å²) < 4.78 is 50.4. The highest BCUT2D eigenvalue weighted by Crippen LogP contribution is 2.33. The third kappa shape index (κ3) is 5.07. The molecule has 176 valence electrons. The van der Waals surface area contributed by atoms with Gasteiger partial charge < -0.3 is 25.8 Å². The number of nitrogens with zero attached hydrogens (tertiary/aromatic N) is 2. The summed E-state index contributed by atoms with van der Waals surface area (Å²) in [6.07, 6.45) is -3.74. The predicted molar refractivity (Wildman–Crippen MR) is 110 cm³/mol. The van der Waals surface area contributed by atoms with Crippen LogP contribution in [0.15, 0.2) is 36.5 Å². The molecule has 0 saturated carbocycles. The molecule has 1 saturated heterocycles. The van der Waals surface area contributed by atoms with Gasteiger partial charge in [-0.25, -0.2) is 14.2 Å². The number of nitrogens with one attached hydrogen (secondary N) is 1. The zero-order valence-electron chi connectivity index (χ0n) is 16.7. The summed E-state index contributed by atoms with van der Waals surface area (Å²) in [6.45, 7) is 0.239. The Bertz CT molecular complexity index is 1200. The van der Waals surface area contributed by atoms with E-state index in [0.29, 0.717) is 17.1 Å². The number of rotatable bonds is 3. The predicted octanol–water partition coefficient (Wildman–Crippen LogP) is 3.07. The van der Waals surface area contributed by atoms with E-state index in [1.807, 2.05) is 0 Å². The van der Waals surface area contributed by atoms with E-state index in [9.17, 15) is 32.3 Å². The number of aromatic nitrogens is 2. The number of H-pyrrole nitrogens is 1. The van der Waals surface area contributed by atoms with E-state index in [0.717, 1.165) is 17.2 Å². The van der Waals surface area contributed by atoms with Crippen molar-refractivity contribution in [1.82, 2.24) is 9.97 Å². The summed E-state index contributed by atoms with van der Waals surface area (Å²) in [7, 11) is 0. The van der Waals surface area contributed by atoms with Crippen molar-refractivity contribution in [2.24, 2.45) is 5.73 Å². The summed E-state index contributed by atoms with van der Waals surface area (Å²) in [5.41, 5.74) is 2.58. The Hall–Kier alpha value is -3.22. The van der Waals surface area contributed by atoms with Crippen molar-refractivity contribution in [2.45, 2.75) is 24.7 Å². The highest BCUT2D eigenvalue weighted by molar-refractivity contribution is 6.30. The van der Waals surface area contributed by atoms with Gasteiger partial charge in [-0.3, -0.25) is 4.79 Å². The SMILES string of the molecule is NCc1cc(F)cc(Cl)c1.O=C(O)C1(O)CCN(c2cnc3[nH]c(C(F)(F)F)cc3c2)C1=O. The number of halogens is 5. The van der Waals surface area contributed by atoms with Gasteiger partial charge in [0.05, 0.1) is 11.9 Å². The molecule has 1 aliphatic heterocycles. The minimum atomic E-state index is -4.56. The molecule has 0 bridgehead atoms. The maximum absolute atomic E-state index is 12.7. The second-order valence-electron chi connectivity index (χ2n) is 7.17. The van der Waals surface area contributed by atoms with Crippen molar-refractivity contribution >= 4 is 40.2 Å². The minimum Gasteiger partial charge on any atom is -0.479 e. The highest BCUT2D eigenvalue weighted by atomic mass is 35.5. The second-order valence-corrected chi connectivity index (χ2v) is 7.60. The average Bonchev–Trinajstić information content (AvgIpc) is 3.29. The van der Waals surface area contributed by atoms with Crippen molar-refractivity contribution in [3.05, 3.63) is 58.6 Å². The molecule has 1 aliphatic rings. The fourth-order valence-electron chi connectivity index (χ4n) is 3.18. The van der Waals surface area contributed by atoms with Crippen LogP contribution in [0.2, 0.25) is 5.02 Å². The summed E-state index contributed by atoms with van der Waals surface area (Å²) in [5.74, 6) is -3.05. The normalized spacial score (nSPS) is 18.4. The Balaban J connectivity index is 0.000000257. The smallest absolute Gasteiger partial charge is 0.431 e. The van der Waals surface area contributed by atoms with Crippen molar-refractivity contribution < 1.29 is 37.4 Å². The molecule has 33 heavy (non-hydrogen) atoms. The van der Waals surface area contributed by atoms with Gasteiger partial charge in [-0.15, -0.1) is 0 Å². The van der Waals surface area contributed by atoms with E-state index < -0.39 is 29.3 Å². The van der Waals surface area contributed by atoms with Gasteiger partial charge in [0, 0.05) is 29.9 Å². The zero-order valence-corrected chi connectivity index (χ0v) is 17.4. The van der Waals surface area contributed by atoms with Gasteiger partial charge >= 0.3 is 12.1 Å². The molecule has 3 aromatic rings. The molecule has 1 amide bonds. The van der Waals surface area contributed by atoms with Crippen LogP contribution >= 0.6 is 11.6 Å². The van der Waals surface area contributed by atoms with Crippen LogP contribution in [0.3, 0.4) is 0 Å². The van der Waals surface area contributed by atoms with Gasteiger partial charge in [-0.05, 0) is 35.9 Å². The maximum atomic E-state index is 12.7. The number of pyridine rings is 1. The van der Waals surface area contributed by atoms with E-state index in [-0.39, 0.29) is 35.5 Å². The first-order valence-corrected chi connectivity index (χ1v) is 9.71. The lowest BCUT2D eigenvalue weighted by molar-refractivity contribution is -0.162. The molecule has 13 heteroatoms. The molecule has 2 aromatic heterocycles. The van der Waals surface area contributed by atoms with E-state index in [2.05, 4.69) is 9.97 Å². The first-order chi connectivity index (χ1) is 15.3. The number of benzene rings is 1. The molecule has 1 fully saturated rings. The van der Waals surface area contributed by atoms with Gasteiger partial charge in [-0.2, -0.15) is 13.2 Å². The highest BCUT2D eigenvalue weighted by Gasteiger charge is 2.52. The molecule has 5 N–H and O–H groups in total. The molecule has 1 unspecified atom stereocenters. The van der Waals surface area contributed by atoms with Gasteiger partial charge in [0.15, 0.2) is 0 Å². The Morgan fingerprint density at radius 2 is 1.97 bits per heavy atom. The van der Waals surface area contributed by atoms with Crippen LogP contribution in [0.4, 0.5) is 23.2 Å². The number of carbonyl (C=O) groups excluding carboxylic acids is 1. The molecule has 0 aliphatic carbocycles. The topological polar surface area (TPSA) is 133 Å². The van der Waals surface area contributed by atoms with Crippen LogP contribution in [0, 0.1) is 5.82 Å². The van der Waals surface area contributed by atoms with Crippen LogP contribution in [-0.4, -0.2) is 44.2 Å². The summed E-state index contributed by atoms with van der Waals surface area (Å²) >= 11 is 5.53. The molecular formula is C20H17ClF4N4O4. The van der Waals surface area contributed by atoms with Crippen LogP contribution in [-0.2, 0) is 22.3 Å². The van der Waals surface area contributed by atoms with Gasteiger partial charge in [0.25, 0.3) is 5.91 Å². The lowest BCUT2D eigenvalue weighted by atomic mass is 10.0. The third-order valence-corrected chi connectivity index (χ3v) is 5.10. The number of alkyl halides is 3. The van der Waals surface area contributed by atoms with E-state index in [1.54, 1.807) is 6.07 Å². The molecule has 8 nitrogen and oxygen atoms in total. The van der Waals surface area contributed by atoms with Gasteiger partial charge in [0.1, 0.15) is 17.2 Å². The number of anilines is 1. The van der Waals surface area contributed by atoms with Gasteiger partial charge in [-0.1, -0.05) is 11.6 Å². The molecule has 1 atom stereocenters. The first kappa shape index (κ1) is 24.4. The van der Waals surface area contributed by atoms with Crippen molar-refractivity contribution in [1.29, 1.82) is 0 Å². The molecule has 3 heterocycles. The number of aliphatic hydroxyl groups is 1. The van der Waals surface area contributed by atoms with Crippen LogP contribution in [0.5, 0.6) is 0 Å². The van der Waals surface area contributed by atoms with Crippen molar-refractivity contribution in [3.8, 4) is 0 Å². The van der Waals surface area contributed by atoms with E-state index in [4.69, 9.17) is 22.4 Å². The second kappa shape index (κ2) is 8.96. The van der Waals surface area contributed by atoms with Crippen LogP contribution in [0.1, 0.15) is 17.7 Å². The molecule has 0 radical (unpaired) electrons. The zero-order chi connectivity index (χ0) is 24.6. The summed E-state index contributed by atoms with van der Waals surface area (Å²) in [4.78, 5) is 30.0. The number of aliphatic carboxylic acids is 1. The van der Waals surface area contributed by atoms with Crippen LogP contribution < -0.4 is 10.6 Å². The van der Waals surface area contributed by atoms with Crippen LogP contribution in [0.25, 0.3) is 11.0 Å². The number of fused-ring (bicyclic) bond motifs is 1. The molecule has 4 rings (SSSR count).